The van der Waals surface area contributed by atoms with Crippen LogP contribution in [0.15, 0.2) is 0 Å². The zero-order chi connectivity index (χ0) is 21.3. The number of amides is 1. The van der Waals surface area contributed by atoms with Crippen molar-refractivity contribution in [1.29, 1.82) is 0 Å². The molecule has 0 aromatic carbocycles. The number of nitrogens with zero attached hydrogens (tertiary/aromatic N) is 1. The first-order valence-electron chi connectivity index (χ1n) is 11.3. The normalized spacial score (nSPS) is 22.6. The van der Waals surface area contributed by atoms with Crippen LogP contribution in [-0.4, -0.2) is 40.9 Å². The van der Waals surface area contributed by atoms with E-state index in [2.05, 4.69) is 77.7 Å². The maximum atomic E-state index is 13.5. The standard InChI is InChI=1S/C22H49NOSi3/c1-22(2,3)27(10,11)23-20(15-13-17-26(7,8)9)18-19(21(23)24)14-12-16-25(4,5)6/h19-20H,12-18H2,1-11H3. The molecule has 0 aromatic rings. The average Bonchev–Trinajstić information content (AvgIpc) is 2.71. The SMILES string of the molecule is CC(C)(C)[Si](C)(C)N1C(=O)C(CCC[Si](C)(C)C)CC1CCC[Si](C)(C)C. The van der Waals surface area contributed by atoms with Crippen LogP contribution in [0.25, 0.3) is 0 Å². The van der Waals surface area contributed by atoms with E-state index in [1.807, 2.05) is 0 Å². The largest absolute Gasteiger partial charge is 0.366 e. The summed E-state index contributed by atoms with van der Waals surface area (Å²) in [6.45, 7) is 26.7. The molecule has 1 aliphatic heterocycles. The highest BCUT2D eigenvalue weighted by molar-refractivity contribution is 6.79. The molecule has 27 heavy (non-hydrogen) atoms. The van der Waals surface area contributed by atoms with Gasteiger partial charge in [-0.15, -0.1) is 0 Å². The maximum absolute atomic E-state index is 13.5. The summed E-state index contributed by atoms with van der Waals surface area (Å²) in [5.74, 6) is 0.808. The van der Waals surface area contributed by atoms with Crippen LogP contribution in [0.1, 0.15) is 52.9 Å². The van der Waals surface area contributed by atoms with Crippen molar-refractivity contribution in [3.8, 4) is 0 Å². The van der Waals surface area contributed by atoms with Crippen LogP contribution in [0.5, 0.6) is 0 Å². The Morgan fingerprint density at radius 3 is 1.70 bits per heavy atom. The van der Waals surface area contributed by atoms with Gasteiger partial charge >= 0.3 is 0 Å². The lowest BCUT2D eigenvalue weighted by Crippen LogP contribution is -2.58. The van der Waals surface area contributed by atoms with Gasteiger partial charge in [0.05, 0.1) is 0 Å². The smallest absolute Gasteiger partial charge is 0.218 e. The fraction of sp³-hybridized carbons (Fsp3) is 0.955. The Balaban J connectivity index is 2.91. The van der Waals surface area contributed by atoms with E-state index in [-0.39, 0.29) is 5.04 Å². The van der Waals surface area contributed by atoms with E-state index in [0.29, 0.717) is 17.9 Å². The highest BCUT2D eigenvalue weighted by Crippen LogP contribution is 2.45. The van der Waals surface area contributed by atoms with Crippen molar-refractivity contribution < 1.29 is 4.79 Å². The van der Waals surface area contributed by atoms with Crippen molar-refractivity contribution in [2.24, 2.45) is 5.92 Å². The summed E-state index contributed by atoms with van der Waals surface area (Å²) in [5, 5.41) is 0.229. The van der Waals surface area contributed by atoms with Crippen molar-refractivity contribution in [3.63, 3.8) is 0 Å². The first kappa shape index (κ1) is 25.2. The number of carbonyl (C=O) groups excluding carboxylic acids is 1. The summed E-state index contributed by atoms with van der Waals surface area (Å²) in [6.07, 6.45) is 6.04. The van der Waals surface area contributed by atoms with Gasteiger partial charge in [0.1, 0.15) is 0 Å². The van der Waals surface area contributed by atoms with Crippen molar-refractivity contribution in [2.45, 2.75) is 128 Å². The quantitative estimate of drug-likeness (QED) is 0.350. The minimum atomic E-state index is -1.81. The van der Waals surface area contributed by atoms with Gasteiger partial charge in [0.2, 0.25) is 5.91 Å². The maximum Gasteiger partial charge on any atom is 0.218 e. The van der Waals surface area contributed by atoms with Crippen LogP contribution in [0.2, 0.25) is 69.5 Å². The molecule has 0 radical (unpaired) electrons. The van der Waals surface area contributed by atoms with E-state index in [1.54, 1.807) is 0 Å². The molecular weight excluding hydrogens is 379 g/mol. The predicted octanol–water partition coefficient (Wildman–Crippen LogP) is 7.45. The highest BCUT2D eigenvalue weighted by Gasteiger charge is 2.51. The first-order valence-corrected chi connectivity index (χ1v) is 21.6. The molecule has 0 bridgehead atoms. The van der Waals surface area contributed by atoms with Gasteiger partial charge in [-0.1, -0.05) is 98.1 Å². The summed E-state index contributed by atoms with van der Waals surface area (Å²) in [4.78, 5) is 13.5. The van der Waals surface area contributed by atoms with Gasteiger partial charge in [-0.05, 0) is 24.3 Å². The van der Waals surface area contributed by atoms with Crippen LogP contribution in [0, 0.1) is 5.92 Å². The van der Waals surface area contributed by atoms with Crippen molar-refractivity contribution in [1.82, 2.24) is 4.57 Å². The van der Waals surface area contributed by atoms with E-state index in [0.717, 1.165) is 12.8 Å². The molecule has 2 nitrogen and oxygen atoms in total. The van der Waals surface area contributed by atoms with Crippen molar-refractivity contribution in [2.75, 3.05) is 0 Å². The van der Waals surface area contributed by atoms with Gasteiger partial charge in [-0.25, -0.2) is 0 Å². The van der Waals surface area contributed by atoms with Gasteiger partial charge in [0, 0.05) is 28.1 Å². The fourth-order valence-corrected chi connectivity index (χ4v) is 9.37. The predicted molar refractivity (Wildman–Crippen MR) is 131 cm³/mol. The topological polar surface area (TPSA) is 20.3 Å². The van der Waals surface area contributed by atoms with Crippen molar-refractivity contribution in [3.05, 3.63) is 0 Å². The monoisotopic (exact) mass is 427 g/mol. The molecule has 1 rings (SSSR count). The second-order valence-electron chi connectivity index (χ2n) is 13.0. The third kappa shape index (κ3) is 7.46. The summed E-state index contributed by atoms with van der Waals surface area (Å²) >= 11 is 0. The number of rotatable bonds is 9. The van der Waals surface area contributed by atoms with Gasteiger partial charge in [0.15, 0.2) is 8.24 Å². The van der Waals surface area contributed by atoms with Crippen LogP contribution in [-0.2, 0) is 4.79 Å². The molecule has 1 aliphatic rings. The zero-order valence-electron chi connectivity index (χ0n) is 20.5. The molecule has 160 valence electrons. The van der Waals surface area contributed by atoms with Crippen LogP contribution in [0.4, 0.5) is 0 Å². The molecule has 0 N–H and O–H groups in total. The Morgan fingerprint density at radius 1 is 0.852 bits per heavy atom. The van der Waals surface area contributed by atoms with Crippen molar-refractivity contribution >= 4 is 30.3 Å². The number of hydrogen-bond donors (Lipinski definition) is 0. The van der Waals surface area contributed by atoms with Gasteiger partial charge in [-0.2, -0.15) is 0 Å². The molecular formula is C22H49NOSi3. The van der Waals surface area contributed by atoms with Crippen LogP contribution in [0.3, 0.4) is 0 Å². The molecule has 0 spiro atoms. The Kier molecular flexibility index (Phi) is 8.26. The van der Waals surface area contributed by atoms with Gasteiger partial charge in [0.25, 0.3) is 0 Å². The van der Waals surface area contributed by atoms with E-state index in [1.165, 1.54) is 31.4 Å². The van der Waals surface area contributed by atoms with Gasteiger partial charge in [-0.3, -0.25) is 4.79 Å². The van der Waals surface area contributed by atoms with E-state index in [4.69, 9.17) is 0 Å². The lowest BCUT2D eigenvalue weighted by Gasteiger charge is -2.47. The van der Waals surface area contributed by atoms with E-state index >= 15 is 0 Å². The molecule has 0 aromatic heterocycles. The second-order valence-corrected chi connectivity index (χ2v) is 29.4. The van der Waals surface area contributed by atoms with E-state index in [9.17, 15) is 4.79 Å². The van der Waals surface area contributed by atoms with Gasteiger partial charge < -0.3 is 4.57 Å². The molecule has 2 unspecified atom stereocenters. The molecule has 1 saturated heterocycles. The fourth-order valence-electron chi connectivity index (χ4n) is 4.24. The van der Waals surface area contributed by atoms with E-state index < -0.39 is 24.4 Å². The molecule has 1 fully saturated rings. The minimum Gasteiger partial charge on any atom is -0.366 e. The highest BCUT2D eigenvalue weighted by atomic mass is 28.3. The summed E-state index contributed by atoms with van der Waals surface area (Å²) in [5.41, 5.74) is 0. The average molecular weight is 428 g/mol. The number of carbonyl (C=O) groups is 1. The lowest BCUT2D eigenvalue weighted by atomic mass is 9.98. The van der Waals surface area contributed by atoms with Crippen LogP contribution < -0.4 is 0 Å². The minimum absolute atomic E-state index is 0.229. The Hall–Kier alpha value is 0.121. The third-order valence-electron chi connectivity index (χ3n) is 6.89. The first-order chi connectivity index (χ1) is 12.0. The Labute approximate surface area is 174 Å². The number of hydrogen-bond acceptors (Lipinski definition) is 1. The summed E-state index contributed by atoms with van der Waals surface area (Å²) in [6, 6.07) is 3.26. The molecule has 5 heteroatoms. The summed E-state index contributed by atoms with van der Waals surface area (Å²) < 4.78 is 2.47. The lowest BCUT2D eigenvalue weighted by molar-refractivity contribution is -0.128. The zero-order valence-corrected chi connectivity index (χ0v) is 23.5. The molecule has 0 aliphatic carbocycles. The second kappa shape index (κ2) is 8.86. The summed E-state index contributed by atoms with van der Waals surface area (Å²) in [7, 11) is -3.81. The molecule has 1 heterocycles. The molecule has 0 saturated carbocycles. The third-order valence-corrected chi connectivity index (χ3v) is 16.1. The Bertz CT molecular complexity index is 497. The van der Waals surface area contributed by atoms with Crippen LogP contribution >= 0.6 is 0 Å². The molecule has 2 atom stereocenters. The molecule has 1 amide bonds. The Morgan fingerprint density at radius 2 is 1.30 bits per heavy atom.